The molecule has 31 heavy (non-hydrogen) atoms. The number of carbonyl (C=O) groups excluding carboxylic acids is 1. The Labute approximate surface area is 191 Å². The molecule has 1 N–H and O–H groups in total. The molecule has 6 nitrogen and oxygen atoms in total. The van der Waals surface area contributed by atoms with Crippen LogP contribution in [0.4, 0.5) is 16.3 Å². The highest BCUT2D eigenvalue weighted by Gasteiger charge is 2.26. The Balaban J connectivity index is 1.20. The Hall–Kier alpha value is -2.35. The number of nitrogens with one attached hydrogen (secondary N) is 1. The summed E-state index contributed by atoms with van der Waals surface area (Å²) in [6, 6.07) is 12.5. The fourth-order valence-corrected chi connectivity index (χ4v) is 5.61. The standard InChI is InChI=1S/C23H26ClN5OS/c1-25-23(30)29-9-7-17-14-16(19(24)15-20(17)29)6-8-27-10-12-28(13-11-27)22-18-4-2-3-5-21(18)31-26-22/h2-5,14-15H,6-13H2,1H3,(H,25,30). The second kappa shape index (κ2) is 8.65. The Bertz CT molecular complexity index is 1110. The van der Waals surface area contributed by atoms with Gasteiger partial charge in [-0.05, 0) is 53.7 Å². The van der Waals surface area contributed by atoms with Crippen LogP contribution in [0.25, 0.3) is 10.1 Å². The first-order valence-electron chi connectivity index (χ1n) is 10.8. The van der Waals surface area contributed by atoms with Crippen LogP contribution in [0.3, 0.4) is 0 Å². The molecule has 0 spiro atoms. The molecule has 1 fully saturated rings. The normalized spacial score (nSPS) is 16.7. The summed E-state index contributed by atoms with van der Waals surface area (Å²) in [7, 11) is 1.66. The molecule has 0 aliphatic carbocycles. The van der Waals surface area contributed by atoms with Crippen LogP contribution >= 0.6 is 23.1 Å². The Kier molecular flexibility index (Phi) is 5.73. The SMILES string of the molecule is CNC(=O)N1CCc2cc(CCN3CCN(c4nsc5ccccc45)CC3)c(Cl)cc21. The number of halogens is 1. The number of aromatic nitrogens is 1. The van der Waals surface area contributed by atoms with Crippen LogP contribution in [-0.2, 0) is 12.8 Å². The van der Waals surface area contributed by atoms with Gasteiger partial charge in [0.05, 0.1) is 10.4 Å². The van der Waals surface area contributed by atoms with E-state index in [4.69, 9.17) is 16.0 Å². The molecule has 2 amide bonds. The maximum absolute atomic E-state index is 12.0. The lowest BCUT2D eigenvalue weighted by Crippen LogP contribution is -2.47. The summed E-state index contributed by atoms with van der Waals surface area (Å²) in [6.07, 6.45) is 1.80. The van der Waals surface area contributed by atoms with E-state index in [0.717, 1.165) is 62.1 Å². The number of nitrogens with zero attached hydrogens (tertiary/aromatic N) is 4. The van der Waals surface area contributed by atoms with Crippen molar-refractivity contribution in [3.05, 3.63) is 52.5 Å². The summed E-state index contributed by atoms with van der Waals surface area (Å²) in [5.74, 6) is 1.13. The lowest BCUT2D eigenvalue weighted by atomic mass is 10.1. The van der Waals surface area contributed by atoms with E-state index in [1.165, 1.54) is 21.2 Å². The first-order valence-corrected chi connectivity index (χ1v) is 11.9. The molecule has 2 aliphatic heterocycles. The van der Waals surface area contributed by atoms with E-state index in [1.54, 1.807) is 23.5 Å². The van der Waals surface area contributed by atoms with Gasteiger partial charge in [0.15, 0.2) is 0 Å². The second-order valence-electron chi connectivity index (χ2n) is 8.11. The van der Waals surface area contributed by atoms with Crippen LogP contribution in [0.1, 0.15) is 11.1 Å². The largest absolute Gasteiger partial charge is 0.353 e. The van der Waals surface area contributed by atoms with Crippen molar-refractivity contribution < 1.29 is 4.79 Å². The zero-order valence-electron chi connectivity index (χ0n) is 17.6. The average molecular weight is 456 g/mol. The molecule has 3 heterocycles. The molecule has 1 aromatic heterocycles. The number of hydrogen-bond acceptors (Lipinski definition) is 5. The molecule has 8 heteroatoms. The number of benzene rings is 2. The lowest BCUT2D eigenvalue weighted by molar-refractivity contribution is 0.248. The fourth-order valence-electron chi connectivity index (χ4n) is 4.56. The van der Waals surface area contributed by atoms with Gasteiger partial charge >= 0.3 is 6.03 Å². The van der Waals surface area contributed by atoms with Gasteiger partial charge in [0.2, 0.25) is 0 Å². The number of piperazine rings is 1. The van der Waals surface area contributed by atoms with Crippen molar-refractivity contribution in [1.82, 2.24) is 14.6 Å². The van der Waals surface area contributed by atoms with Crippen LogP contribution < -0.4 is 15.1 Å². The maximum atomic E-state index is 12.0. The number of carbonyl (C=O) groups is 1. The van der Waals surface area contributed by atoms with Gasteiger partial charge < -0.3 is 10.2 Å². The van der Waals surface area contributed by atoms with Gasteiger partial charge in [-0.3, -0.25) is 9.80 Å². The number of amides is 2. The van der Waals surface area contributed by atoms with E-state index in [0.29, 0.717) is 6.54 Å². The Morgan fingerprint density at radius 2 is 1.97 bits per heavy atom. The first kappa shape index (κ1) is 20.5. The highest BCUT2D eigenvalue weighted by Crippen LogP contribution is 2.34. The maximum Gasteiger partial charge on any atom is 0.321 e. The Morgan fingerprint density at radius 1 is 1.16 bits per heavy atom. The minimum Gasteiger partial charge on any atom is -0.353 e. The van der Waals surface area contributed by atoms with Crippen LogP contribution in [0, 0.1) is 0 Å². The highest BCUT2D eigenvalue weighted by molar-refractivity contribution is 7.13. The highest BCUT2D eigenvalue weighted by atomic mass is 35.5. The number of rotatable bonds is 4. The first-order chi connectivity index (χ1) is 15.1. The van der Waals surface area contributed by atoms with Gasteiger partial charge in [0.25, 0.3) is 0 Å². The molecule has 162 valence electrons. The number of hydrogen-bond donors (Lipinski definition) is 1. The van der Waals surface area contributed by atoms with Crippen molar-refractivity contribution in [3.63, 3.8) is 0 Å². The molecule has 0 unspecified atom stereocenters. The van der Waals surface area contributed by atoms with Gasteiger partial charge in [-0.25, -0.2) is 4.79 Å². The number of anilines is 2. The van der Waals surface area contributed by atoms with E-state index in [9.17, 15) is 4.79 Å². The van der Waals surface area contributed by atoms with Crippen LogP contribution in [0.5, 0.6) is 0 Å². The third kappa shape index (κ3) is 3.97. The summed E-state index contributed by atoms with van der Waals surface area (Å²) in [5, 5.41) is 4.72. The monoisotopic (exact) mass is 455 g/mol. The minimum absolute atomic E-state index is 0.0756. The van der Waals surface area contributed by atoms with Crippen LogP contribution in [-0.4, -0.2) is 61.6 Å². The molecule has 2 aliphatic rings. The quantitative estimate of drug-likeness (QED) is 0.645. The zero-order valence-corrected chi connectivity index (χ0v) is 19.2. The topological polar surface area (TPSA) is 51.7 Å². The summed E-state index contributed by atoms with van der Waals surface area (Å²) >= 11 is 8.17. The van der Waals surface area contributed by atoms with E-state index in [2.05, 4.69) is 45.4 Å². The predicted molar refractivity (Wildman–Crippen MR) is 129 cm³/mol. The van der Waals surface area contributed by atoms with Crippen molar-refractivity contribution in [2.45, 2.75) is 12.8 Å². The third-order valence-electron chi connectivity index (χ3n) is 6.33. The van der Waals surface area contributed by atoms with Gasteiger partial charge in [0, 0.05) is 56.7 Å². The number of urea groups is 1. The summed E-state index contributed by atoms with van der Waals surface area (Å²) in [4.78, 5) is 18.7. The average Bonchev–Trinajstić information content (AvgIpc) is 3.41. The molecule has 0 radical (unpaired) electrons. The summed E-state index contributed by atoms with van der Waals surface area (Å²) < 4.78 is 5.96. The molecule has 0 bridgehead atoms. The van der Waals surface area contributed by atoms with Gasteiger partial charge in [-0.15, -0.1) is 0 Å². The van der Waals surface area contributed by atoms with Crippen LogP contribution in [0.2, 0.25) is 5.02 Å². The van der Waals surface area contributed by atoms with E-state index in [1.807, 2.05) is 6.07 Å². The molecule has 5 rings (SSSR count). The van der Waals surface area contributed by atoms with Gasteiger partial charge in [0.1, 0.15) is 5.82 Å². The van der Waals surface area contributed by atoms with Crippen molar-refractivity contribution in [3.8, 4) is 0 Å². The zero-order chi connectivity index (χ0) is 21.4. The summed E-state index contributed by atoms with van der Waals surface area (Å²) in [6.45, 7) is 5.74. The van der Waals surface area contributed by atoms with Crippen molar-refractivity contribution in [1.29, 1.82) is 0 Å². The molecular formula is C23H26ClN5OS. The summed E-state index contributed by atoms with van der Waals surface area (Å²) in [5.41, 5.74) is 3.33. The third-order valence-corrected chi connectivity index (χ3v) is 7.50. The van der Waals surface area contributed by atoms with Crippen molar-refractivity contribution >= 4 is 50.8 Å². The molecule has 1 saturated heterocycles. The van der Waals surface area contributed by atoms with E-state index >= 15 is 0 Å². The van der Waals surface area contributed by atoms with Crippen molar-refractivity contribution in [2.75, 3.05) is 56.1 Å². The predicted octanol–water partition coefficient (Wildman–Crippen LogP) is 4.02. The molecule has 3 aromatic rings. The molecular weight excluding hydrogens is 430 g/mol. The van der Waals surface area contributed by atoms with Crippen LogP contribution in [0.15, 0.2) is 36.4 Å². The molecule has 0 atom stereocenters. The minimum atomic E-state index is -0.0756. The Morgan fingerprint density at radius 3 is 2.77 bits per heavy atom. The van der Waals surface area contributed by atoms with E-state index < -0.39 is 0 Å². The smallest absolute Gasteiger partial charge is 0.321 e. The van der Waals surface area contributed by atoms with Gasteiger partial charge in [-0.1, -0.05) is 29.8 Å². The molecule has 2 aromatic carbocycles. The molecule has 0 saturated carbocycles. The van der Waals surface area contributed by atoms with E-state index in [-0.39, 0.29) is 6.03 Å². The van der Waals surface area contributed by atoms with Gasteiger partial charge in [-0.2, -0.15) is 4.37 Å². The fraction of sp³-hybridized carbons (Fsp3) is 0.391. The lowest BCUT2D eigenvalue weighted by Gasteiger charge is -2.35. The number of fused-ring (bicyclic) bond motifs is 2. The second-order valence-corrected chi connectivity index (χ2v) is 9.32. The van der Waals surface area contributed by atoms with Crippen molar-refractivity contribution in [2.24, 2.45) is 0 Å².